The molecule has 0 atom stereocenters. The van der Waals surface area contributed by atoms with Crippen LogP contribution in [0.15, 0.2) is 70.3 Å². The van der Waals surface area contributed by atoms with E-state index in [2.05, 4.69) is 76.8 Å². The van der Waals surface area contributed by atoms with Crippen molar-refractivity contribution < 1.29 is 4.42 Å². The van der Waals surface area contributed by atoms with Gasteiger partial charge in [0.1, 0.15) is 12.0 Å². The van der Waals surface area contributed by atoms with Crippen molar-refractivity contribution in [1.82, 2.24) is 20.5 Å². The molecule has 3 aromatic rings. The standard InChI is InChI=1S/C26H33N5O/c1-3-27-26(28-17-24-19-32-25(29-24)22-11-9-20(2)10-12-22)30-23-13-15-31(16-14-23)18-21-7-5-4-6-8-21/h4-12,19,23H,3,13-18H2,1-2H3,(H2,27,28,30). The number of oxazole rings is 1. The number of nitrogens with one attached hydrogen (secondary N) is 2. The molecule has 2 aromatic carbocycles. The molecule has 0 spiro atoms. The maximum Gasteiger partial charge on any atom is 0.226 e. The fourth-order valence-electron chi connectivity index (χ4n) is 3.96. The van der Waals surface area contributed by atoms with Crippen LogP contribution >= 0.6 is 0 Å². The van der Waals surface area contributed by atoms with Gasteiger partial charge in [-0.15, -0.1) is 0 Å². The molecule has 1 aliphatic heterocycles. The van der Waals surface area contributed by atoms with Crippen LogP contribution in [0.25, 0.3) is 11.5 Å². The fraction of sp³-hybridized carbons (Fsp3) is 0.385. The van der Waals surface area contributed by atoms with Crippen LogP contribution in [0.2, 0.25) is 0 Å². The molecule has 0 unspecified atom stereocenters. The number of benzene rings is 2. The van der Waals surface area contributed by atoms with Crippen LogP contribution in [-0.4, -0.2) is 41.5 Å². The van der Waals surface area contributed by atoms with Crippen molar-refractivity contribution in [1.29, 1.82) is 0 Å². The van der Waals surface area contributed by atoms with E-state index in [4.69, 9.17) is 9.41 Å². The molecule has 1 saturated heterocycles. The second kappa shape index (κ2) is 11.0. The van der Waals surface area contributed by atoms with Crippen LogP contribution in [0.4, 0.5) is 0 Å². The highest BCUT2D eigenvalue weighted by molar-refractivity contribution is 5.80. The van der Waals surface area contributed by atoms with Gasteiger partial charge in [-0.3, -0.25) is 4.90 Å². The zero-order valence-electron chi connectivity index (χ0n) is 19.1. The number of hydrogen-bond donors (Lipinski definition) is 2. The van der Waals surface area contributed by atoms with Gasteiger partial charge in [0, 0.05) is 37.8 Å². The zero-order valence-corrected chi connectivity index (χ0v) is 19.1. The molecule has 0 bridgehead atoms. The molecule has 4 rings (SSSR count). The number of piperidine rings is 1. The summed E-state index contributed by atoms with van der Waals surface area (Å²) in [5, 5.41) is 6.97. The third-order valence-corrected chi connectivity index (χ3v) is 5.77. The molecule has 168 valence electrons. The Balaban J connectivity index is 1.29. The van der Waals surface area contributed by atoms with Gasteiger partial charge >= 0.3 is 0 Å². The number of guanidine groups is 1. The Bertz CT molecular complexity index is 989. The SMILES string of the molecule is CCNC(=NCc1coc(-c2ccc(C)cc2)n1)NC1CCN(Cc2ccccc2)CC1. The van der Waals surface area contributed by atoms with E-state index in [1.54, 1.807) is 6.26 Å². The summed E-state index contributed by atoms with van der Waals surface area (Å²) < 4.78 is 5.67. The van der Waals surface area contributed by atoms with E-state index in [-0.39, 0.29) is 0 Å². The monoisotopic (exact) mass is 431 g/mol. The first-order chi connectivity index (χ1) is 15.7. The van der Waals surface area contributed by atoms with E-state index in [0.29, 0.717) is 18.5 Å². The lowest BCUT2D eigenvalue weighted by atomic mass is 10.0. The summed E-state index contributed by atoms with van der Waals surface area (Å²) in [5.74, 6) is 1.48. The van der Waals surface area contributed by atoms with Crippen LogP contribution in [0.3, 0.4) is 0 Å². The zero-order chi connectivity index (χ0) is 22.2. The number of likely N-dealkylation sites (tertiary alicyclic amines) is 1. The predicted molar refractivity (Wildman–Crippen MR) is 129 cm³/mol. The first-order valence-corrected chi connectivity index (χ1v) is 11.5. The van der Waals surface area contributed by atoms with Gasteiger partial charge in [0.15, 0.2) is 5.96 Å². The summed E-state index contributed by atoms with van der Waals surface area (Å²) in [7, 11) is 0. The summed E-state index contributed by atoms with van der Waals surface area (Å²) in [6, 6.07) is 19.3. The molecular weight excluding hydrogens is 398 g/mol. The van der Waals surface area contributed by atoms with Crippen molar-refractivity contribution in [3.8, 4) is 11.5 Å². The number of rotatable bonds is 7. The minimum atomic E-state index is 0.431. The minimum Gasteiger partial charge on any atom is -0.444 e. The van der Waals surface area contributed by atoms with Crippen molar-refractivity contribution in [3.05, 3.63) is 77.7 Å². The van der Waals surface area contributed by atoms with Crippen LogP contribution in [0.1, 0.15) is 36.6 Å². The Hall–Kier alpha value is -3.12. The molecule has 1 fully saturated rings. The van der Waals surface area contributed by atoms with Crippen LogP contribution in [0, 0.1) is 6.92 Å². The molecular formula is C26H33N5O. The third-order valence-electron chi connectivity index (χ3n) is 5.77. The van der Waals surface area contributed by atoms with E-state index in [0.717, 1.165) is 56.2 Å². The molecule has 6 heteroatoms. The van der Waals surface area contributed by atoms with E-state index in [1.165, 1.54) is 11.1 Å². The second-order valence-electron chi connectivity index (χ2n) is 8.39. The van der Waals surface area contributed by atoms with Crippen LogP contribution in [0.5, 0.6) is 0 Å². The molecule has 32 heavy (non-hydrogen) atoms. The first-order valence-electron chi connectivity index (χ1n) is 11.5. The third kappa shape index (κ3) is 6.20. The molecule has 0 aliphatic carbocycles. The average molecular weight is 432 g/mol. The highest BCUT2D eigenvalue weighted by Crippen LogP contribution is 2.19. The number of hydrogen-bond acceptors (Lipinski definition) is 4. The number of nitrogens with zero attached hydrogens (tertiary/aromatic N) is 3. The van der Waals surface area contributed by atoms with E-state index >= 15 is 0 Å². The molecule has 6 nitrogen and oxygen atoms in total. The quantitative estimate of drug-likeness (QED) is 0.430. The van der Waals surface area contributed by atoms with Crippen LogP contribution in [-0.2, 0) is 13.1 Å². The van der Waals surface area contributed by atoms with E-state index < -0.39 is 0 Å². The van der Waals surface area contributed by atoms with Gasteiger partial charge in [0.2, 0.25) is 5.89 Å². The average Bonchev–Trinajstić information content (AvgIpc) is 3.29. The summed E-state index contributed by atoms with van der Waals surface area (Å²) in [6.07, 6.45) is 3.92. The Labute approximate surface area is 190 Å². The molecule has 2 heterocycles. The lowest BCUT2D eigenvalue weighted by Gasteiger charge is -2.33. The topological polar surface area (TPSA) is 65.7 Å². The molecule has 2 N–H and O–H groups in total. The van der Waals surface area contributed by atoms with Crippen molar-refractivity contribution >= 4 is 5.96 Å². The summed E-state index contributed by atoms with van der Waals surface area (Å²) in [5.41, 5.74) is 4.41. The molecule has 0 radical (unpaired) electrons. The Morgan fingerprint density at radius 1 is 1.09 bits per heavy atom. The van der Waals surface area contributed by atoms with Crippen LogP contribution < -0.4 is 10.6 Å². The molecule has 0 amide bonds. The fourth-order valence-corrected chi connectivity index (χ4v) is 3.96. The molecule has 1 aliphatic rings. The normalized spacial score (nSPS) is 15.6. The van der Waals surface area contributed by atoms with Gasteiger partial charge in [-0.1, -0.05) is 48.0 Å². The smallest absolute Gasteiger partial charge is 0.226 e. The summed E-state index contributed by atoms with van der Waals surface area (Å²) >= 11 is 0. The predicted octanol–water partition coefficient (Wildman–Crippen LogP) is 4.37. The van der Waals surface area contributed by atoms with Gasteiger partial charge in [-0.05, 0) is 44.4 Å². The van der Waals surface area contributed by atoms with Crippen molar-refractivity contribution in [2.75, 3.05) is 19.6 Å². The number of aliphatic imine (C=N–C) groups is 1. The van der Waals surface area contributed by atoms with Crippen molar-refractivity contribution in [3.63, 3.8) is 0 Å². The Morgan fingerprint density at radius 2 is 1.84 bits per heavy atom. The minimum absolute atomic E-state index is 0.431. The number of aromatic nitrogens is 1. The summed E-state index contributed by atoms with van der Waals surface area (Å²) in [4.78, 5) is 11.9. The number of aryl methyl sites for hydroxylation is 1. The van der Waals surface area contributed by atoms with Gasteiger partial charge in [0.05, 0.1) is 6.54 Å². The Kier molecular flexibility index (Phi) is 7.56. The van der Waals surface area contributed by atoms with Gasteiger partial charge < -0.3 is 15.1 Å². The second-order valence-corrected chi connectivity index (χ2v) is 8.39. The maximum absolute atomic E-state index is 5.67. The molecule has 1 aromatic heterocycles. The lowest BCUT2D eigenvalue weighted by molar-refractivity contribution is 0.198. The highest BCUT2D eigenvalue weighted by atomic mass is 16.3. The largest absolute Gasteiger partial charge is 0.444 e. The van der Waals surface area contributed by atoms with Gasteiger partial charge in [-0.2, -0.15) is 0 Å². The van der Waals surface area contributed by atoms with E-state index in [1.807, 2.05) is 12.1 Å². The molecule has 0 saturated carbocycles. The summed E-state index contributed by atoms with van der Waals surface area (Å²) in [6.45, 7) is 8.68. The van der Waals surface area contributed by atoms with E-state index in [9.17, 15) is 0 Å². The van der Waals surface area contributed by atoms with Crippen molar-refractivity contribution in [2.24, 2.45) is 4.99 Å². The van der Waals surface area contributed by atoms with Gasteiger partial charge in [0.25, 0.3) is 0 Å². The highest BCUT2D eigenvalue weighted by Gasteiger charge is 2.20. The lowest BCUT2D eigenvalue weighted by Crippen LogP contribution is -2.48. The van der Waals surface area contributed by atoms with Gasteiger partial charge in [-0.25, -0.2) is 9.98 Å². The Morgan fingerprint density at radius 3 is 2.56 bits per heavy atom. The maximum atomic E-state index is 5.67. The first kappa shape index (κ1) is 22.1. The van der Waals surface area contributed by atoms with Crippen molar-refractivity contribution in [2.45, 2.75) is 45.8 Å².